The van der Waals surface area contributed by atoms with Crippen LogP contribution < -0.4 is 0 Å². The van der Waals surface area contributed by atoms with Crippen LogP contribution >= 0.6 is 0 Å². The lowest BCUT2D eigenvalue weighted by atomic mass is 9.42. The summed E-state index contributed by atoms with van der Waals surface area (Å²) in [7, 11) is 0. The van der Waals surface area contributed by atoms with Gasteiger partial charge in [-0.2, -0.15) is 0 Å². The molecule has 0 amide bonds. The molecule has 2 saturated carbocycles. The van der Waals surface area contributed by atoms with E-state index in [2.05, 4.69) is 6.92 Å². The van der Waals surface area contributed by atoms with Crippen LogP contribution in [0.3, 0.4) is 0 Å². The smallest absolute Gasteiger partial charge is 0.306 e. The number of carbonyl (C=O) groups is 4. The maximum atomic E-state index is 14.1. The second kappa shape index (κ2) is 8.84. The fourth-order valence-electron chi connectivity index (χ4n) is 9.20. The molecule has 0 aromatic carbocycles. The highest BCUT2D eigenvalue weighted by Gasteiger charge is 2.70. The van der Waals surface area contributed by atoms with Crippen LogP contribution in [0.15, 0.2) is 11.1 Å². The van der Waals surface area contributed by atoms with Crippen LogP contribution in [0.5, 0.6) is 0 Å². The minimum Gasteiger partial charge on any atom is -0.481 e. The van der Waals surface area contributed by atoms with Crippen molar-refractivity contribution in [2.75, 3.05) is 0 Å². The van der Waals surface area contributed by atoms with E-state index in [4.69, 9.17) is 0 Å². The van der Waals surface area contributed by atoms with E-state index in [1.807, 2.05) is 34.6 Å². The zero-order chi connectivity index (χ0) is 27.9. The molecule has 0 unspecified atom stereocenters. The number of fused-ring (bicyclic) bond motifs is 4. The number of hydrogen-bond donors (Lipinski definition) is 3. The molecule has 7 nitrogen and oxygen atoms in total. The van der Waals surface area contributed by atoms with Crippen molar-refractivity contribution >= 4 is 23.3 Å². The van der Waals surface area contributed by atoms with Crippen molar-refractivity contribution in [2.24, 2.45) is 45.3 Å². The zero-order valence-electron chi connectivity index (χ0n) is 23.4. The summed E-state index contributed by atoms with van der Waals surface area (Å²) in [4.78, 5) is 50.8. The Morgan fingerprint density at radius 1 is 1.00 bits per heavy atom. The van der Waals surface area contributed by atoms with E-state index in [0.29, 0.717) is 36.8 Å². The number of aliphatic carboxylic acids is 1. The molecule has 0 saturated heterocycles. The molecule has 0 bridgehead atoms. The Bertz CT molecular complexity index is 1070. The lowest BCUT2D eigenvalue weighted by Crippen LogP contribution is -2.60. The van der Waals surface area contributed by atoms with Gasteiger partial charge in [-0.3, -0.25) is 19.2 Å². The molecule has 0 aliphatic heterocycles. The van der Waals surface area contributed by atoms with Gasteiger partial charge in [0.1, 0.15) is 11.6 Å². The van der Waals surface area contributed by atoms with Gasteiger partial charge in [0.25, 0.3) is 0 Å². The first-order chi connectivity index (χ1) is 16.9. The van der Waals surface area contributed by atoms with Crippen LogP contribution in [0.1, 0.15) is 93.4 Å². The summed E-state index contributed by atoms with van der Waals surface area (Å²) in [6, 6.07) is 0. The van der Waals surface area contributed by atoms with Crippen molar-refractivity contribution < 1.29 is 34.5 Å². The van der Waals surface area contributed by atoms with Crippen LogP contribution in [0, 0.1) is 45.3 Å². The molecule has 2 fully saturated rings. The van der Waals surface area contributed by atoms with E-state index in [-0.39, 0.29) is 54.4 Å². The minimum atomic E-state index is -1.00. The van der Waals surface area contributed by atoms with Crippen LogP contribution in [0.2, 0.25) is 0 Å². The van der Waals surface area contributed by atoms with Crippen LogP contribution in [0.25, 0.3) is 0 Å². The van der Waals surface area contributed by atoms with Crippen molar-refractivity contribution in [1.29, 1.82) is 0 Å². The van der Waals surface area contributed by atoms with Crippen molar-refractivity contribution in [3.05, 3.63) is 11.1 Å². The molecule has 0 radical (unpaired) electrons. The molecular formula is C30H44O7. The molecule has 0 heterocycles. The average molecular weight is 517 g/mol. The van der Waals surface area contributed by atoms with Crippen LogP contribution in [0.4, 0.5) is 0 Å². The topological polar surface area (TPSA) is 129 Å². The first-order valence-electron chi connectivity index (χ1n) is 13.8. The van der Waals surface area contributed by atoms with E-state index in [0.717, 1.165) is 0 Å². The number of hydrogen-bond acceptors (Lipinski definition) is 6. The predicted molar refractivity (Wildman–Crippen MR) is 137 cm³/mol. The summed E-state index contributed by atoms with van der Waals surface area (Å²) in [6.45, 7) is 13.4. The number of allylic oxidation sites excluding steroid dienone is 1. The summed E-state index contributed by atoms with van der Waals surface area (Å²) in [5, 5.41) is 32.4. The summed E-state index contributed by atoms with van der Waals surface area (Å²) < 4.78 is 0. The van der Waals surface area contributed by atoms with Gasteiger partial charge in [0.15, 0.2) is 5.78 Å². The second-order valence-corrected chi connectivity index (χ2v) is 13.9. The summed E-state index contributed by atoms with van der Waals surface area (Å²) in [6.07, 6.45) is 0.421. The number of carboxylic acid groups (broad SMARTS) is 1. The Kier molecular flexibility index (Phi) is 6.72. The molecule has 4 rings (SSSR count). The molecule has 3 N–H and O–H groups in total. The normalized spacial score (nSPS) is 42.5. The van der Waals surface area contributed by atoms with Crippen LogP contribution in [-0.4, -0.2) is 50.8 Å². The largest absolute Gasteiger partial charge is 0.481 e. The zero-order valence-corrected chi connectivity index (χ0v) is 23.4. The monoisotopic (exact) mass is 516 g/mol. The van der Waals surface area contributed by atoms with Crippen molar-refractivity contribution in [3.8, 4) is 0 Å². The number of Topliss-reactive ketones (excluding diaryl/α,β-unsaturated/α-hetero) is 3. The van der Waals surface area contributed by atoms with E-state index >= 15 is 0 Å². The number of aliphatic hydroxyl groups is 2. The van der Waals surface area contributed by atoms with Gasteiger partial charge in [-0.25, -0.2) is 0 Å². The summed E-state index contributed by atoms with van der Waals surface area (Å²) >= 11 is 0. The van der Waals surface area contributed by atoms with Gasteiger partial charge >= 0.3 is 5.97 Å². The molecule has 7 heteroatoms. The lowest BCUT2D eigenvalue weighted by Gasteiger charge is -2.61. The molecule has 37 heavy (non-hydrogen) atoms. The molecule has 0 aromatic heterocycles. The van der Waals surface area contributed by atoms with Crippen molar-refractivity contribution in [3.63, 3.8) is 0 Å². The van der Waals surface area contributed by atoms with E-state index in [9.17, 15) is 34.5 Å². The highest BCUT2D eigenvalue weighted by Crippen LogP contribution is 2.71. The molecular weight excluding hydrogens is 472 g/mol. The number of carboxylic acids is 1. The quantitative estimate of drug-likeness (QED) is 0.484. The third kappa shape index (κ3) is 3.82. The Morgan fingerprint density at radius 2 is 1.62 bits per heavy atom. The summed E-state index contributed by atoms with van der Waals surface area (Å²) in [5.41, 5.74) is -1.40. The highest BCUT2D eigenvalue weighted by molar-refractivity contribution is 6.01. The Labute approximate surface area is 220 Å². The highest BCUT2D eigenvalue weighted by atomic mass is 16.4. The van der Waals surface area contributed by atoms with Gasteiger partial charge in [-0.15, -0.1) is 0 Å². The molecule has 9 atom stereocenters. The predicted octanol–water partition coefficient (Wildman–Crippen LogP) is 4.13. The third-order valence-electron chi connectivity index (χ3n) is 11.6. The van der Waals surface area contributed by atoms with Crippen LogP contribution in [-0.2, 0) is 19.2 Å². The molecule has 4 aliphatic rings. The van der Waals surface area contributed by atoms with Gasteiger partial charge in [0.2, 0.25) is 0 Å². The number of rotatable bonds is 6. The maximum absolute atomic E-state index is 14.1. The Hall–Kier alpha value is -1.86. The van der Waals surface area contributed by atoms with E-state index < -0.39 is 45.8 Å². The average Bonchev–Trinajstić information content (AvgIpc) is 2.99. The minimum absolute atomic E-state index is 0.0106. The first kappa shape index (κ1) is 28.2. The molecule has 206 valence electrons. The SMILES string of the molecule is C[C@H](CC(=O)C[C@@H](C)[C@H]1C[C@H](O)[C@@]2(C)C3=C(C(=O)C[C@]12C)[C@@]1(C)CCC(=O)C(C)(C)[C@@H]1C[C@H]3O)C(=O)O. The van der Waals surface area contributed by atoms with Gasteiger partial charge in [0, 0.05) is 47.5 Å². The standard InChI is InChI=1S/C30H44O7/c1-15(10-17(31)11-16(2)26(36)37)18-12-23(35)30(7)25-19(32)13-21-27(3,4)22(34)8-9-28(21,5)24(25)20(33)14-29(18,30)6/h15-16,18-19,21,23,32,35H,8-14H2,1-7H3,(H,36,37)/t15-,16-,18-,19-,21+,23+,28+,29-,30+/m1/s1. The molecule has 4 aliphatic carbocycles. The molecule has 0 aromatic rings. The van der Waals surface area contributed by atoms with E-state index in [1.54, 1.807) is 0 Å². The fourth-order valence-corrected chi connectivity index (χ4v) is 9.20. The number of carbonyl (C=O) groups excluding carboxylic acids is 3. The Morgan fingerprint density at radius 3 is 2.22 bits per heavy atom. The second-order valence-electron chi connectivity index (χ2n) is 13.9. The van der Waals surface area contributed by atoms with E-state index in [1.165, 1.54) is 6.92 Å². The van der Waals surface area contributed by atoms with Crippen molar-refractivity contribution in [2.45, 2.75) is 106 Å². The fraction of sp³-hybridized carbons (Fsp3) is 0.800. The van der Waals surface area contributed by atoms with Gasteiger partial charge in [-0.1, -0.05) is 48.5 Å². The lowest BCUT2D eigenvalue weighted by molar-refractivity contribution is -0.146. The number of ketones is 3. The third-order valence-corrected chi connectivity index (χ3v) is 11.6. The number of aliphatic hydroxyl groups excluding tert-OH is 2. The van der Waals surface area contributed by atoms with Gasteiger partial charge in [-0.05, 0) is 48.0 Å². The van der Waals surface area contributed by atoms with Gasteiger partial charge < -0.3 is 15.3 Å². The van der Waals surface area contributed by atoms with Gasteiger partial charge in [0.05, 0.1) is 18.1 Å². The first-order valence-corrected chi connectivity index (χ1v) is 13.8. The maximum Gasteiger partial charge on any atom is 0.306 e. The van der Waals surface area contributed by atoms with Crippen molar-refractivity contribution in [1.82, 2.24) is 0 Å². The Balaban J connectivity index is 1.74. The summed E-state index contributed by atoms with van der Waals surface area (Å²) in [5.74, 6) is -2.17. The molecule has 0 spiro atoms.